The number of phenolic OH excluding ortho intramolecular Hbond substituents is 1. The van der Waals surface area contributed by atoms with Crippen molar-refractivity contribution in [2.75, 3.05) is 0 Å². The molecule has 0 atom stereocenters. The molecule has 3 N–H and O–H groups in total. The number of benzene rings is 1. The van der Waals surface area contributed by atoms with Crippen LogP contribution in [-0.4, -0.2) is 10.1 Å². The maximum Gasteiger partial charge on any atom is 0.433 e. The van der Waals surface area contributed by atoms with Crippen molar-refractivity contribution in [2.24, 2.45) is 5.73 Å². The zero-order valence-electron chi connectivity index (χ0n) is 13.6. The number of pyridine rings is 1. The second-order valence-corrected chi connectivity index (χ2v) is 6.42. The molecule has 0 aliphatic rings. The first kappa shape index (κ1) is 20.3. The monoisotopic (exact) mass is 360 g/mol. The zero-order valence-corrected chi connectivity index (χ0v) is 14.4. The van der Waals surface area contributed by atoms with E-state index in [1.807, 2.05) is 26.8 Å². The maximum atomic E-state index is 12.6. The molecule has 0 amide bonds. The number of aromatic hydroxyl groups is 1. The number of hydrogen-bond acceptors (Lipinski definition) is 3. The van der Waals surface area contributed by atoms with Gasteiger partial charge in [0.25, 0.3) is 0 Å². The molecule has 3 nitrogen and oxygen atoms in total. The molecular formula is C17H20ClF3N2O. The standard InChI is InChI=1S/C17H19F3N2O.ClH/c1-16(2,3)12-6-11(8-21)15(23)13(7-12)10-4-5-14(22-9-10)17(18,19)20;/h4-7,9,23H,8,21H2,1-3H3;1H. The van der Waals surface area contributed by atoms with Crippen molar-refractivity contribution in [3.05, 3.63) is 47.3 Å². The van der Waals surface area contributed by atoms with Gasteiger partial charge in [-0.2, -0.15) is 13.2 Å². The summed E-state index contributed by atoms with van der Waals surface area (Å²) in [6, 6.07) is 5.79. The van der Waals surface area contributed by atoms with Gasteiger partial charge < -0.3 is 10.8 Å². The lowest BCUT2D eigenvalue weighted by atomic mass is 9.84. The van der Waals surface area contributed by atoms with Gasteiger partial charge in [-0.3, -0.25) is 4.98 Å². The second kappa shape index (κ2) is 6.99. The minimum atomic E-state index is -4.49. The smallest absolute Gasteiger partial charge is 0.433 e. The molecule has 1 heterocycles. The first-order chi connectivity index (χ1) is 10.5. The molecule has 0 fully saturated rings. The summed E-state index contributed by atoms with van der Waals surface area (Å²) in [5.41, 5.74) is 6.84. The summed E-state index contributed by atoms with van der Waals surface area (Å²) >= 11 is 0. The summed E-state index contributed by atoms with van der Waals surface area (Å²) in [6.07, 6.45) is -3.37. The molecule has 0 spiro atoms. The van der Waals surface area contributed by atoms with Crippen LogP contribution in [0.5, 0.6) is 5.75 Å². The van der Waals surface area contributed by atoms with E-state index in [4.69, 9.17) is 5.73 Å². The molecule has 0 saturated heterocycles. The van der Waals surface area contributed by atoms with Crippen LogP contribution < -0.4 is 5.73 Å². The van der Waals surface area contributed by atoms with Crippen LogP contribution in [0.1, 0.15) is 37.6 Å². The Bertz CT molecular complexity index is 708. The third-order valence-corrected chi connectivity index (χ3v) is 3.64. The average molecular weight is 361 g/mol. The molecule has 24 heavy (non-hydrogen) atoms. The number of halogens is 4. The van der Waals surface area contributed by atoms with E-state index >= 15 is 0 Å². The van der Waals surface area contributed by atoms with Gasteiger partial charge in [0.1, 0.15) is 11.4 Å². The van der Waals surface area contributed by atoms with Gasteiger partial charge in [-0.05, 0) is 23.1 Å². The van der Waals surface area contributed by atoms with E-state index in [2.05, 4.69) is 4.98 Å². The highest BCUT2D eigenvalue weighted by Gasteiger charge is 2.32. The number of rotatable bonds is 2. The van der Waals surface area contributed by atoms with Crippen LogP contribution in [0, 0.1) is 0 Å². The first-order valence-corrected chi connectivity index (χ1v) is 7.14. The fourth-order valence-corrected chi connectivity index (χ4v) is 2.22. The Balaban J connectivity index is 0.00000288. The molecule has 0 aliphatic carbocycles. The normalized spacial score (nSPS) is 12.0. The van der Waals surface area contributed by atoms with Crippen molar-refractivity contribution in [1.29, 1.82) is 0 Å². The summed E-state index contributed by atoms with van der Waals surface area (Å²) in [7, 11) is 0. The third-order valence-electron chi connectivity index (χ3n) is 3.64. The molecule has 132 valence electrons. The highest BCUT2D eigenvalue weighted by Crippen LogP contribution is 2.37. The van der Waals surface area contributed by atoms with Crippen LogP contribution in [0.4, 0.5) is 13.2 Å². The number of alkyl halides is 3. The van der Waals surface area contributed by atoms with Crippen molar-refractivity contribution in [1.82, 2.24) is 4.98 Å². The molecule has 7 heteroatoms. The van der Waals surface area contributed by atoms with Gasteiger partial charge in [-0.25, -0.2) is 0 Å². The minimum absolute atomic E-state index is 0. The summed E-state index contributed by atoms with van der Waals surface area (Å²) in [5.74, 6) is -0.0259. The lowest BCUT2D eigenvalue weighted by molar-refractivity contribution is -0.141. The topological polar surface area (TPSA) is 59.1 Å². The summed E-state index contributed by atoms with van der Waals surface area (Å²) in [5, 5.41) is 10.3. The van der Waals surface area contributed by atoms with E-state index in [0.29, 0.717) is 16.7 Å². The molecule has 0 aliphatic heterocycles. The van der Waals surface area contributed by atoms with Crippen molar-refractivity contribution >= 4 is 12.4 Å². The van der Waals surface area contributed by atoms with Crippen molar-refractivity contribution in [3.63, 3.8) is 0 Å². The largest absolute Gasteiger partial charge is 0.507 e. The zero-order chi connectivity index (χ0) is 17.4. The van der Waals surface area contributed by atoms with E-state index < -0.39 is 11.9 Å². The maximum absolute atomic E-state index is 12.6. The molecule has 0 saturated carbocycles. The van der Waals surface area contributed by atoms with E-state index in [0.717, 1.165) is 17.8 Å². The quantitative estimate of drug-likeness (QED) is 0.819. The number of phenols is 1. The fourth-order valence-electron chi connectivity index (χ4n) is 2.22. The Morgan fingerprint density at radius 3 is 2.17 bits per heavy atom. The second-order valence-electron chi connectivity index (χ2n) is 6.42. The van der Waals surface area contributed by atoms with Gasteiger partial charge in [0.2, 0.25) is 0 Å². The van der Waals surface area contributed by atoms with Crippen molar-refractivity contribution in [3.8, 4) is 16.9 Å². The van der Waals surface area contributed by atoms with Gasteiger partial charge in [0.05, 0.1) is 0 Å². The van der Waals surface area contributed by atoms with Crippen molar-refractivity contribution < 1.29 is 18.3 Å². The molecule has 0 unspecified atom stereocenters. The predicted molar refractivity (Wildman–Crippen MR) is 90.2 cm³/mol. The number of nitrogens with two attached hydrogens (primary N) is 1. The molecule has 2 rings (SSSR count). The molecule has 0 bridgehead atoms. The van der Waals surface area contributed by atoms with E-state index in [-0.39, 0.29) is 30.1 Å². The van der Waals surface area contributed by atoms with Crippen molar-refractivity contribution in [2.45, 2.75) is 38.9 Å². The molecule has 1 aromatic carbocycles. The molecule has 0 radical (unpaired) electrons. The van der Waals surface area contributed by atoms with Gasteiger partial charge in [0.15, 0.2) is 0 Å². The average Bonchev–Trinajstić information content (AvgIpc) is 2.45. The third kappa shape index (κ3) is 4.19. The Labute approximate surface area is 145 Å². The summed E-state index contributed by atoms with van der Waals surface area (Å²) < 4.78 is 37.8. The van der Waals surface area contributed by atoms with Crippen LogP contribution in [0.15, 0.2) is 30.5 Å². The van der Waals surface area contributed by atoms with E-state index in [1.165, 1.54) is 6.07 Å². The Hall–Kier alpha value is -1.79. The fraction of sp³-hybridized carbons (Fsp3) is 0.353. The number of nitrogens with zero attached hydrogens (tertiary/aromatic N) is 1. The van der Waals surface area contributed by atoms with Crippen LogP contribution in [0.2, 0.25) is 0 Å². The lowest BCUT2D eigenvalue weighted by Crippen LogP contribution is -2.13. The Kier molecular flexibility index (Phi) is 5.90. The first-order valence-electron chi connectivity index (χ1n) is 7.14. The number of aromatic nitrogens is 1. The Morgan fingerprint density at radius 2 is 1.75 bits per heavy atom. The van der Waals surface area contributed by atoms with Gasteiger partial charge in [0, 0.05) is 29.4 Å². The van der Waals surface area contributed by atoms with Gasteiger partial charge in [-0.15, -0.1) is 12.4 Å². The molecular weight excluding hydrogens is 341 g/mol. The summed E-state index contributed by atoms with van der Waals surface area (Å²) in [4.78, 5) is 3.45. The highest BCUT2D eigenvalue weighted by atomic mass is 35.5. The van der Waals surface area contributed by atoms with Gasteiger partial charge >= 0.3 is 6.18 Å². The Morgan fingerprint density at radius 1 is 1.12 bits per heavy atom. The highest BCUT2D eigenvalue weighted by molar-refractivity contribution is 5.85. The van der Waals surface area contributed by atoms with E-state index in [1.54, 1.807) is 6.07 Å². The predicted octanol–water partition coefficient (Wildman–Crippen LogP) is 4.65. The van der Waals surface area contributed by atoms with Crippen LogP contribution in [0.3, 0.4) is 0 Å². The summed E-state index contributed by atoms with van der Waals surface area (Å²) in [6.45, 7) is 6.16. The SMILES string of the molecule is CC(C)(C)c1cc(CN)c(O)c(-c2ccc(C(F)(F)F)nc2)c1.Cl. The minimum Gasteiger partial charge on any atom is -0.507 e. The van der Waals surface area contributed by atoms with E-state index in [9.17, 15) is 18.3 Å². The molecule has 1 aromatic heterocycles. The number of hydrogen-bond donors (Lipinski definition) is 2. The van der Waals surface area contributed by atoms with Crippen LogP contribution >= 0.6 is 12.4 Å². The molecule has 2 aromatic rings. The van der Waals surface area contributed by atoms with Gasteiger partial charge in [-0.1, -0.05) is 32.9 Å². The lowest BCUT2D eigenvalue weighted by Gasteiger charge is -2.22. The van der Waals surface area contributed by atoms with Crippen LogP contribution in [-0.2, 0) is 18.1 Å². The van der Waals surface area contributed by atoms with Crippen LogP contribution in [0.25, 0.3) is 11.1 Å².